The molecule has 3 aromatic rings. The second kappa shape index (κ2) is 10.8. The van der Waals surface area contributed by atoms with Gasteiger partial charge in [-0.05, 0) is 55.9 Å². The van der Waals surface area contributed by atoms with Gasteiger partial charge in [-0.25, -0.2) is 9.37 Å². The van der Waals surface area contributed by atoms with Crippen molar-refractivity contribution in [1.29, 1.82) is 0 Å². The number of rotatable bonds is 9. The van der Waals surface area contributed by atoms with E-state index in [4.69, 9.17) is 9.72 Å². The lowest BCUT2D eigenvalue weighted by atomic mass is 10.1. The molecular formula is C24H28FN3O3S2. The number of aromatic nitrogens is 2. The van der Waals surface area contributed by atoms with Crippen LogP contribution in [0.2, 0.25) is 0 Å². The minimum absolute atomic E-state index is 0.00403. The van der Waals surface area contributed by atoms with Crippen LogP contribution >= 0.6 is 23.1 Å². The third-order valence-electron chi connectivity index (χ3n) is 5.82. The normalized spacial score (nSPS) is 15.9. The molecule has 4 rings (SSSR count). The number of thioether (sulfide) groups is 1. The molecule has 3 heterocycles. The van der Waals surface area contributed by atoms with E-state index in [9.17, 15) is 14.0 Å². The van der Waals surface area contributed by atoms with Gasteiger partial charge in [0, 0.05) is 18.0 Å². The highest BCUT2D eigenvalue weighted by molar-refractivity contribution is 7.99. The number of thiophene rings is 1. The number of hydrogen-bond donors (Lipinski definition) is 1. The molecule has 0 bridgehead atoms. The Morgan fingerprint density at radius 3 is 2.85 bits per heavy atom. The minimum Gasteiger partial charge on any atom is -0.376 e. The second-order valence-electron chi connectivity index (χ2n) is 8.13. The Balaban J connectivity index is 1.47. The minimum atomic E-state index is -0.273. The van der Waals surface area contributed by atoms with E-state index in [1.807, 2.05) is 6.92 Å². The number of aryl methyl sites for hydroxylation is 2. The summed E-state index contributed by atoms with van der Waals surface area (Å²) in [4.78, 5) is 32.5. The fourth-order valence-electron chi connectivity index (χ4n) is 4.10. The van der Waals surface area contributed by atoms with Gasteiger partial charge < -0.3 is 10.1 Å². The summed E-state index contributed by atoms with van der Waals surface area (Å²) in [5.41, 5.74) is 1.97. The van der Waals surface area contributed by atoms with E-state index in [1.54, 1.807) is 16.7 Å². The number of ether oxygens (including phenoxy) is 1. The molecule has 0 saturated carbocycles. The van der Waals surface area contributed by atoms with Gasteiger partial charge in [-0.2, -0.15) is 0 Å². The van der Waals surface area contributed by atoms with Crippen molar-refractivity contribution in [3.8, 4) is 0 Å². The molecule has 1 aliphatic heterocycles. The fraction of sp³-hybridized carbons (Fsp3) is 0.458. The van der Waals surface area contributed by atoms with Crippen molar-refractivity contribution in [2.45, 2.75) is 57.3 Å². The Labute approximate surface area is 200 Å². The van der Waals surface area contributed by atoms with Crippen LogP contribution in [0.1, 0.15) is 35.8 Å². The highest BCUT2D eigenvalue weighted by Crippen LogP contribution is 2.30. The molecule has 1 N–H and O–H groups in total. The second-order valence-corrected chi connectivity index (χ2v) is 10.3. The van der Waals surface area contributed by atoms with Crippen molar-refractivity contribution in [3.63, 3.8) is 0 Å². The topological polar surface area (TPSA) is 73.2 Å². The summed E-state index contributed by atoms with van der Waals surface area (Å²) in [7, 11) is 0. The molecule has 1 atom stereocenters. The molecule has 1 unspecified atom stereocenters. The van der Waals surface area contributed by atoms with Crippen LogP contribution in [-0.2, 0) is 28.9 Å². The number of hydrogen-bond acceptors (Lipinski definition) is 6. The van der Waals surface area contributed by atoms with Gasteiger partial charge in [0.25, 0.3) is 5.56 Å². The van der Waals surface area contributed by atoms with Gasteiger partial charge in [-0.1, -0.05) is 30.8 Å². The number of carbonyl (C=O) groups is 1. The number of carbonyl (C=O) groups excluding carboxylic acids is 1. The van der Waals surface area contributed by atoms with Crippen molar-refractivity contribution < 1.29 is 13.9 Å². The van der Waals surface area contributed by atoms with Gasteiger partial charge in [-0.15, -0.1) is 11.3 Å². The van der Waals surface area contributed by atoms with Gasteiger partial charge in [0.05, 0.1) is 23.8 Å². The van der Waals surface area contributed by atoms with Gasteiger partial charge >= 0.3 is 0 Å². The van der Waals surface area contributed by atoms with E-state index >= 15 is 0 Å². The lowest BCUT2D eigenvalue weighted by Crippen LogP contribution is -2.30. The molecule has 1 aliphatic rings. The van der Waals surface area contributed by atoms with Gasteiger partial charge in [0.1, 0.15) is 10.6 Å². The van der Waals surface area contributed by atoms with Crippen LogP contribution in [0.5, 0.6) is 0 Å². The molecule has 1 fully saturated rings. The fourth-order valence-corrected chi connectivity index (χ4v) is 6.09. The third-order valence-corrected chi connectivity index (χ3v) is 7.84. The predicted molar refractivity (Wildman–Crippen MR) is 131 cm³/mol. The summed E-state index contributed by atoms with van der Waals surface area (Å²) in [5.74, 6) is -0.237. The summed E-state index contributed by atoms with van der Waals surface area (Å²) >= 11 is 2.81. The smallest absolute Gasteiger partial charge is 0.263 e. The molecule has 9 heteroatoms. The zero-order valence-electron chi connectivity index (χ0n) is 18.9. The Bertz CT molecular complexity index is 1180. The molecule has 0 aliphatic carbocycles. The average molecular weight is 490 g/mol. The summed E-state index contributed by atoms with van der Waals surface area (Å²) in [6.45, 7) is 5.71. The number of amides is 1. The van der Waals surface area contributed by atoms with Gasteiger partial charge in [0.2, 0.25) is 5.91 Å². The maximum atomic E-state index is 13.5. The Morgan fingerprint density at radius 1 is 1.36 bits per heavy atom. The quantitative estimate of drug-likeness (QED) is 0.362. The maximum Gasteiger partial charge on any atom is 0.263 e. The van der Waals surface area contributed by atoms with Crippen LogP contribution in [0, 0.1) is 12.7 Å². The maximum absolute atomic E-state index is 13.5. The average Bonchev–Trinajstić information content (AvgIpc) is 3.42. The van der Waals surface area contributed by atoms with E-state index in [-0.39, 0.29) is 29.1 Å². The molecule has 6 nitrogen and oxygen atoms in total. The van der Waals surface area contributed by atoms with Crippen molar-refractivity contribution >= 4 is 39.2 Å². The number of benzene rings is 1. The van der Waals surface area contributed by atoms with Crippen molar-refractivity contribution in [2.24, 2.45) is 0 Å². The molecule has 1 aromatic carbocycles. The van der Waals surface area contributed by atoms with E-state index in [0.717, 1.165) is 40.1 Å². The zero-order chi connectivity index (χ0) is 23.4. The van der Waals surface area contributed by atoms with Gasteiger partial charge in [-0.3, -0.25) is 14.2 Å². The lowest BCUT2D eigenvalue weighted by molar-refractivity contribution is -0.118. The first-order chi connectivity index (χ1) is 16.0. The van der Waals surface area contributed by atoms with Crippen LogP contribution in [0.3, 0.4) is 0 Å². The molecular weight excluding hydrogens is 461 g/mol. The third kappa shape index (κ3) is 5.65. The lowest BCUT2D eigenvalue weighted by Gasteiger charge is -2.16. The monoisotopic (exact) mass is 489 g/mol. The van der Waals surface area contributed by atoms with E-state index in [2.05, 4.69) is 12.2 Å². The predicted octanol–water partition coefficient (Wildman–Crippen LogP) is 4.10. The molecule has 2 aromatic heterocycles. The van der Waals surface area contributed by atoms with E-state index in [0.29, 0.717) is 36.7 Å². The highest BCUT2D eigenvalue weighted by atomic mass is 32.2. The van der Waals surface area contributed by atoms with Crippen LogP contribution in [0.25, 0.3) is 10.2 Å². The van der Waals surface area contributed by atoms with E-state index in [1.165, 1.54) is 35.2 Å². The van der Waals surface area contributed by atoms with Crippen molar-refractivity contribution in [2.75, 3.05) is 18.9 Å². The number of fused-ring (bicyclic) bond motifs is 1. The molecule has 1 saturated heterocycles. The van der Waals surface area contributed by atoms with Crippen LogP contribution in [0.15, 0.2) is 34.2 Å². The summed E-state index contributed by atoms with van der Waals surface area (Å²) in [5, 5.41) is 4.15. The first kappa shape index (κ1) is 23.9. The summed E-state index contributed by atoms with van der Waals surface area (Å²) < 4.78 is 20.5. The van der Waals surface area contributed by atoms with Crippen LogP contribution in [0.4, 0.5) is 4.39 Å². The number of nitrogens with one attached hydrogen (secondary N) is 1. The summed E-state index contributed by atoms with van der Waals surface area (Å²) in [6, 6.07) is 6.26. The molecule has 0 spiro atoms. The number of halogens is 1. The first-order valence-electron chi connectivity index (χ1n) is 11.2. The molecule has 1 amide bonds. The zero-order valence-corrected chi connectivity index (χ0v) is 20.5. The molecule has 33 heavy (non-hydrogen) atoms. The van der Waals surface area contributed by atoms with Crippen molar-refractivity contribution in [1.82, 2.24) is 14.9 Å². The van der Waals surface area contributed by atoms with Crippen molar-refractivity contribution in [3.05, 3.63) is 56.4 Å². The highest BCUT2D eigenvalue weighted by Gasteiger charge is 2.23. The Kier molecular flexibility index (Phi) is 7.82. The molecule has 0 radical (unpaired) electrons. The standard InChI is InChI=1S/C24H28FN3O3S2/c1-3-19-15(2)33-22-21(19)23(30)28(13-18-5-4-12-31-18)24(27-22)32-14-20(29)26-11-10-16-6-8-17(25)9-7-16/h6-9,18H,3-5,10-14H2,1-2H3,(H,26,29). The Hall–Kier alpha value is -2.23. The van der Waals surface area contributed by atoms with Crippen LogP contribution in [-0.4, -0.2) is 40.5 Å². The van der Waals surface area contributed by atoms with E-state index < -0.39 is 0 Å². The SMILES string of the molecule is CCc1c(C)sc2nc(SCC(=O)NCCc3ccc(F)cc3)n(CC3CCCO3)c(=O)c12. The molecule has 176 valence electrons. The van der Waals surface area contributed by atoms with Gasteiger partial charge in [0.15, 0.2) is 5.16 Å². The first-order valence-corrected chi connectivity index (χ1v) is 13.0. The summed E-state index contributed by atoms with van der Waals surface area (Å²) in [6.07, 6.45) is 3.31. The Morgan fingerprint density at radius 2 is 2.15 bits per heavy atom. The number of nitrogens with zero attached hydrogens (tertiary/aromatic N) is 2. The van der Waals surface area contributed by atoms with Crippen LogP contribution < -0.4 is 10.9 Å². The largest absolute Gasteiger partial charge is 0.376 e.